The third-order valence-electron chi connectivity index (χ3n) is 3.04. The molecule has 1 fully saturated rings. The fourth-order valence-corrected chi connectivity index (χ4v) is 2.12. The van der Waals surface area contributed by atoms with E-state index in [1.165, 1.54) is 21.0 Å². The molecule has 1 amide bonds. The van der Waals surface area contributed by atoms with Crippen molar-refractivity contribution in [2.45, 2.75) is 63.4 Å². The van der Waals surface area contributed by atoms with Gasteiger partial charge in [-0.2, -0.15) is 0 Å². The van der Waals surface area contributed by atoms with E-state index in [2.05, 4.69) is 5.32 Å². The van der Waals surface area contributed by atoms with E-state index in [9.17, 15) is 20.1 Å². The topological polar surface area (TPSA) is 108 Å². The summed E-state index contributed by atoms with van der Waals surface area (Å²) < 4.78 is 10.1. The van der Waals surface area contributed by atoms with Crippen LogP contribution in [0, 0.1) is 0 Å². The Balaban J connectivity index is 2.68. The first kappa shape index (κ1) is 16.3. The van der Waals surface area contributed by atoms with Gasteiger partial charge in [0.25, 0.3) is 0 Å². The van der Waals surface area contributed by atoms with E-state index in [0.29, 0.717) is 0 Å². The second kappa shape index (κ2) is 6.15. The van der Waals surface area contributed by atoms with Crippen LogP contribution in [0.3, 0.4) is 0 Å². The largest absolute Gasteiger partial charge is 0.390 e. The average Bonchev–Trinajstić information content (AvgIpc) is 2.22. The van der Waals surface area contributed by atoms with Gasteiger partial charge in [0.1, 0.15) is 12.2 Å². The highest BCUT2D eigenvalue weighted by Gasteiger charge is 2.43. The third kappa shape index (κ3) is 4.39. The Kier molecular flexibility index (Phi) is 5.28. The number of hydrogen-bond donors (Lipinski definition) is 4. The standard InChI is InChI=1S/C12H23NO6/c1-6-8(13-7(14)5-12(2,3)17)9(15)10(18-4)11(16)19-6/h6,8-11,15-17H,5H2,1-4H3,(H,13,14)/t6-,8-,9+,10-,11?/m1/s1. The van der Waals surface area contributed by atoms with Gasteiger partial charge in [0, 0.05) is 7.11 Å². The van der Waals surface area contributed by atoms with Gasteiger partial charge in [-0.05, 0) is 20.8 Å². The summed E-state index contributed by atoms with van der Waals surface area (Å²) in [6.07, 6.45) is -3.92. The molecule has 1 unspecified atom stereocenters. The van der Waals surface area contributed by atoms with E-state index in [0.717, 1.165) is 0 Å². The summed E-state index contributed by atoms with van der Waals surface area (Å²) in [5.41, 5.74) is -1.13. The molecule has 0 aliphatic carbocycles. The molecule has 0 radical (unpaired) electrons. The maximum atomic E-state index is 11.8. The first-order chi connectivity index (χ1) is 8.65. The molecule has 1 rings (SSSR count). The molecule has 0 aromatic carbocycles. The van der Waals surface area contributed by atoms with Crippen LogP contribution >= 0.6 is 0 Å². The summed E-state index contributed by atoms with van der Waals surface area (Å²) in [7, 11) is 1.34. The van der Waals surface area contributed by atoms with Crippen LogP contribution in [0.15, 0.2) is 0 Å². The van der Waals surface area contributed by atoms with Crippen LogP contribution in [0.4, 0.5) is 0 Å². The summed E-state index contributed by atoms with van der Waals surface area (Å²) in [6.45, 7) is 4.67. The number of methoxy groups -OCH3 is 1. The summed E-state index contributed by atoms with van der Waals surface area (Å²) in [5, 5.41) is 31.8. The van der Waals surface area contributed by atoms with E-state index in [4.69, 9.17) is 9.47 Å². The second-order valence-corrected chi connectivity index (χ2v) is 5.51. The summed E-state index contributed by atoms with van der Waals surface area (Å²) in [4.78, 5) is 11.8. The minimum Gasteiger partial charge on any atom is -0.390 e. The number of ether oxygens (including phenoxy) is 2. The SMILES string of the molecule is CO[C@H]1C(O)O[C@H](C)[C@@H](NC(=O)CC(C)(C)O)[C@@H]1O. The molecule has 5 atom stereocenters. The quantitative estimate of drug-likeness (QED) is 0.511. The second-order valence-electron chi connectivity index (χ2n) is 5.51. The Morgan fingerprint density at radius 3 is 2.47 bits per heavy atom. The third-order valence-corrected chi connectivity index (χ3v) is 3.04. The number of carbonyl (C=O) groups is 1. The Hall–Kier alpha value is -0.730. The first-order valence-electron chi connectivity index (χ1n) is 6.22. The van der Waals surface area contributed by atoms with Crippen LogP contribution in [-0.4, -0.2) is 64.6 Å². The first-order valence-corrected chi connectivity index (χ1v) is 6.22. The molecule has 19 heavy (non-hydrogen) atoms. The minimum atomic E-state index is -1.24. The molecule has 0 spiro atoms. The summed E-state index contributed by atoms with van der Waals surface area (Å²) >= 11 is 0. The molecule has 0 saturated carbocycles. The van der Waals surface area contributed by atoms with Crippen LogP contribution in [0.5, 0.6) is 0 Å². The molecular formula is C12H23NO6. The molecule has 1 aliphatic rings. The van der Waals surface area contributed by atoms with E-state index >= 15 is 0 Å². The van der Waals surface area contributed by atoms with Crippen molar-refractivity contribution in [3.63, 3.8) is 0 Å². The smallest absolute Gasteiger partial charge is 0.223 e. The molecule has 7 nitrogen and oxygen atoms in total. The van der Waals surface area contributed by atoms with Crippen LogP contribution in [-0.2, 0) is 14.3 Å². The average molecular weight is 277 g/mol. The lowest BCUT2D eigenvalue weighted by Crippen LogP contribution is -2.63. The summed E-state index contributed by atoms with van der Waals surface area (Å²) in [6, 6.07) is -0.705. The van der Waals surface area contributed by atoms with Gasteiger partial charge in [-0.3, -0.25) is 4.79 Å². The van der Waals surface area contributed by atoms with Crippen molar-refractivity contribution in [1.82, 2.24) is 5.32 Å². The zero-order chi connectivity index (χ0) is 14.8. The van der Waals surface area contributed by atoms with Crippen molar-refractivity contribution in [2.24, 2.45) is 0 Å². The van der Waals surface area contributed by atoms with E-state index in [1.54, 1.807) is 6.92 Å². The number of rotatable bonds is 4. The zero-order valence-corrected chi connectivity index (χ0v) is 11.7. The predicted molar refractivity (Wildman–Crippen MR) is 66.2 cm³/mol. The number of nitrogens with one attached hydrogen (secondary N) is 1. The maximum Gasteiger partial charge on any atom is 0.223 e. The maximum absolute atomic E-state index is 11.8. The van der Waals surface area contributed by atoms with Gasteiger partial charge in [0.15, 0.2) is 6.29 Å². The van der Waals surface area contributed by atoms with Crippen molar-refractivity contribution in [3.05, 3.63) is 0 Å². The van der Waals surface area contributed by atoms with Gasteiger partial charge in [-0.15, -0.1) is 0 Å². The fourth-order valence-electron chi connectivity index (χ4n) is 2.12. The lowest BCUT2D eigenvalue weighted by atomic mass is 9.96. The van der Waals surface area contributed by atoms with E-state index in [1.807, 2.05) is 0 Å². The van der Waals surface area contributed by atoms with Crippen LogP contribution in [0.25, 0.3) is 0 Å². The minimum absolute atomic E-state index is 0.0941. The van der Waals surface area contributed by atoms with E-state index < -0.39 is 42.2 Å². The zero-order valence-electron chi connectivity index (χ0n) is 11.7. The van der Waals surface area contributed by atoms with Gasteiger partial charge < -0.3 is 30.1 Å². The number of carbonyl (C=O) groups excluding carboxylic acids is 1. The lowest BCUT2D eigenvalue weighted by Gasteiger charge is -2.41. The molecular weight excluding hydrogens is 254 g/mol. The molecule has 1 saturated heterocycles. The number of amides is 1. The van der Waals surface area contributed by atoms with Crippen LogP contribution in [0.1, 0.15) is 27.2 Å². The van der Waals surface area contributed by atoms with E-state index in [-0.39, 0.29) is 6.42 Å². The normalized spacial score (nSPS) is 36.1. The predicted octanol–water partition coefficient (Wildman–Crippen LogP) is -1.25. The fraction of sp³-hybridized carbons (Fsp3) is 0.917. The van der Waals surface area contributed by atoms with Crippen molar-refractivity contribution in [2.75, 3.05) is 7.11 Å². The van der Waals surface area contributed by atoms with Crippen LogP contribution < -0.4 is 5.32 Å². The molecule has 7 heteroatoms. The molecule has 1 heterocycles. The number of aliphatic hydroxyl groups is 3. The molecule has 112 valence electrons. The number of hydrogen-bond acceptors (Lipinski definition) is 6. The van der Waals surface area contributed by atoms with Gasteiger partial charge in [-0.25, -0.2) is 0 Å². The Bertz CT molecular complexity index is 316. The van der Waals surface area contributed by atoms with Gasteiger partial charge in [0.2, 0.25) is 5.91 Å². The number of aliphatic hydroxyl groups excluding tert-OH is 2. The van der Waals surface area contributed by atoms with Gasteiger partial charge in [-0.1, -0.05) is 0 Å². The highest BCUT2D eigenvalue weighted by atomic mass is 16.6. The van der Waals surface area contributed by atoms with Crippen molar-refractivity contribution in [3.8, 4) is 0 Å². The van der Waals surface area contributed by atoms with Crippen molar-refractivity contribution >= 4 is 5.91 Å². The molecule has 0 aromatic heterocycles. The van der Waals surface area contributed by atoms with Crippen LogP contribution in [0.2, 0.25) is 0 Å². The lowest BCUT2D eigenvalue weighted by molar-refractivity contribution is -0.259. The highest BCUT2D eigenvalue weighted by molar-refractivity contribution is 5.77. The molecule has 4 N–H and O–H groups in total. The van der Waals surface area contributed by atoms with Crippen molar-refractivity contribution in [1.29, 1.82) is 0 Å². The van der Waals surface area contributed by atoms with Gasteiger partial charge >= 0.3 is 0 Å². The highest BCUT2D eigenvalue weighted by Crippen LogP contribution is 2.22. The molecule has 0 aromatic rings. The summed E-state index contributed by atoms with van der Waals surface area (Å²) in [5.74, 6) is -0.404. The molecule has 0 bridgehead atoms. The van der Waals surface area contributed by atoms with Gasteiger partial charge in [0.05, 0.1) is 24.2 Å². The Morgan fingerprint density at radius 2 is 2.00 bits per heavy atom. The van der Waals surface area contributed by atoms with Crippen molar-refractivity contribution < 1.29 is 29.6 Å². The Morgan fingerprint density at radius 1 is 1.42 bits per heavy atom. The Labute approximate surface area is 112 Å². The monoisotopic (exact) mass is 277 g/mol. The molecule has 1 aliphatic heterocycles.